The number of ether oxygens (including phenoxy) is 1. The number of carbonyl (C=O) groups is 1. The van der Waals surface area contributed by atoms with Crippen LogP contribution in [0.4, 0.5) is 5.69 Å². The van der Waals surface area contributed by atoms with E-state index >= 15 is 0 Å². The highest BCUT2D eigenvalue weighted by Gasteiger charge is 2.31. The lowest BCUT2D eigenvalue weighted by molar-refractivity contribution is -0.150. The third kappa shape index (κ3) is 5.42. The van der Waals surface area contributed by atoms with Crippen LogP contribution in [0, 0.1) is 5.92 Å². The van der Waals surface area contributed by atoms with Gasteiger partial charge in [-0.1, -0.05) is 58.0 Å². The largest absolute Gasteiger partial charge is 0.461 e. The molecule has 3 nitrogen and oxygen atoms in total. The molecule has 0 saturated heterocycles. The summed E-state index contributed by atoms with van der Waals surface area (Å²) >= 11 is 0. The maximum Gasteiger partial charge on any atom is 0.329 e. The maximum atomic E-state index is 12.7. The molecule has 1 rings (SSSR count). The molecule has 3 heteroatoms. The fraction of sp³-hybridized carbons (Fsp3) is 0.550. The first kappa shape index (κ1) is 19.3. The molecule has 0 fully saturated rings. The lowest BCUT2D eigenvalue weighted by atomic mass is 9.99. The Morgan fingerprint density at radius 3 is 2.43 bits per heavy atom. The van der Waals surface area contributed by atoms with E-state index in [4.69, 9.17) is 4.74 Å². The molecule has 0 bridgehead atoms. The van der Waals surface area contributed by atoms with E-state index in [0.29, 0.717) is 0 Å². The van der Waals surface area contributed by atoms with Gasteiger partial charge in [-0.2, -0.15) is 0 Å². The molecule has 0 heterocycles. The number of benzene rings is 1. The molecule has 1 aromatic rings. The summed E-state index contributed by atoms with van der Waals surface area (Å²) in [7, 11) is 0. The number of para-hydroxylation sites is 1. The van der Waals surface area contributed by atoms with Gasteiger partial charge in [0.1, 0.15) is 6.04 Å². The number of anilines is 1. The zero-order chi connectivity index (χ0) is 17.4. The number of unbranched alkanes of at least 4 members (excludes halogenated alkanes) is 1. The Labute approximate surface area is 141 Å². The highest BCUT2D eigenvalue weighted by molar-refractivity contribution is 5.82. The van der Waals surface area contributed by atoms with Gasteiger partial charge in [-0.05, 0) is 37.8 Å². The number of nitrogens with zero attached hydrogens (tertiary/aromatic N) is 1. The van der Waals surface area contributed by atoms with Crippen LogP contribution in [-0.4, -0.2) is 24.7 Å². The average Bonchev–Trinajstić information content (AvgIpc) is 2.50. The minimum absolute atomic E-state index is 0.105. The van der Waals surface area contributed by atoms with Gasteiger partial charge in [0.2, 0.25) is 0 Å². The SMILES string of the molecule is C=Cc1ccccc1N(CCCC)C(C(=O)OC(C)C)C(C)C. The van der Waals surface area contributed by atoms with Gasteiger partial charge in [0.05, 0.1) is 6.10 Å². The highest BCUT2D eigenvalue weighted by atomic mass is 16.5. The van der Waals surface area contributed by atoms with Crippen molar-refractivity contribution in [1.82, 2.24) is 0 Å². The molecule has 0 N–H and O–H groups in total. The monoisotopic (exact) mass is 317 g/mol. The van der Waals surface area contributed by atoms with Crippen LogP contribution >= 0.6 is 0 Å². The zero-order valence-electron chi connectivity index (χ0n) is 15.2. The fourth-order valence-corrected chi connectivity index (χ4v) is 2.72. The summed E-state index contributed by atoms with van der Waals surface area (Å²) in [5.41, 5.74) is 2.10. The molecule has 1 aromatic carbocycles. The molecule has 128 valence electrons. The molecule has 23 heavy (non-hydrogen) atoms. The van der Waals surface area contributed by atoms with Gasteiger partial charge in [-0.25, -0.2) is 4.79 Å². The van der Waals surface area contributed by atoms with Crippen LogP contribution in [0.15, 0.2) is 30.8 Å². The summed E-state index contributed by atoms with van der Waals surface area (Å²) < 4.78 is 5.52. The Hall–Kier alpha value is -1.77. The molecule has 0 aliphatic heterocycles. The number of hydrogen-bond acceptors (Lipinski definition) is 3. The van der Waals surface area contributed by atoms with E-state index in [1.54, 1.807) is 0 Å². The zero-order valence-corrected chi connectivity index (χ0v) is 15.2. The van der Waals surface area contributed by atoms with Gasteiger partial charge in [-0.3, -0.25) is 0 Å². The predicted octanol–water partition coefficient (Wildman–Crippen LogP) is 4.91. The van der Waals surface area contributed by atoms with Gasteiger partial charge >= 0.3 is 5.97 Å². The summed E-state index contributed by atoms with van der Waals surface area (Å²) in [5, 5.41) is 0. The van der Waals surface area contributed by atoms with Gasteiger partial charge in [0.25, 0.3) is 0 Å². The van der Waals surface area contributed by atoms with Crippen molar-refractivity contribution >= 4 is 17.7 Å². The molecule has 0 aromatic heterocycles. The molecular weight excluding hydrogens is 286 g/mol. The molecule has 1 atom stereocenters. The topological polar surface area (TPSA) is 29.5 Å². The molecule has 0 saturated carbocycles. The first-order chi connectivity index (χ1) is 10.9. The van der Waals surface area contributed by atoms with E-state index in [-0.39, 0.29) is 24.0 Å². The van der Waals surface area contributed by atoms with Crippen molar-refractivity contribution < 1.29 is 9.53 Å². The smallest absolute Gasteiger partial charge is 0.329 e. The summed E-state index contributed by atoms with van der Waals surface area (Å²) in [6.07, 6.45) is 3.85. The molecular formula is C20H31NO2. The average molecular weight is 317 g/mol. The number of hydrogen-bond donors (Lipinski definition) is 0. The van der Waals surface area contributed by atoms with E-state index in [2.05, 4.69) is 38.3 Å². The second-order valence-electron chi connectivity index (χ2n) is 6.48. The van der Waals surface area contributed by atoms with Gasteiger partial charge in [0, 0.05) is 12.2 Å². The minimum atomic E-state index is -0.287. The Balaban J connectivity index is 3.24. The van der Waals surface area contributed by atoms with Gasteiger partial charge in [-0.15, -0.1) is 0 Å². The highest BCUT2D eigenvalue weighted by Crippen LogP contribution is 2.27. The molecule has 0 aliphatic rings. The van der Waals surface area contributed by atoms with Crippen molar-refractivity contribution in [3.05, 3.63) is 36.4 Å². The van der Waals surface area contributed by atoms with Crippen LogP contribution in [-0.2, 0) is 9.53 Å². The van der Waals surface area contributed by atoms with Crippen molar-refractivity contribution in [3.8, 4) is 0 Å². The van der Waals surface area contributed by atoms with Crippen LogP contribution < -0.4 is 4.90 Å². The molecule has 0 radical (unpaired) electrons. The summed E-state index contributed by atoms with van der Waals surface area (Å²) in [6.45, 7) is 14.8. The number of carbonyl (C=O) groups excluding carboxylic acids is 1. The van der Waals surface area contributed by atoms with E-state index in [1.165, 1.54) is 0 Å². The number of esters is 1. The van der Waals surface area contributed by atoms with Crippen LogP contribution in [0.2, 0.25) is 0 Å². The Morgan fingerprint density at radius 1 is 1.26 bits per heavy atom. The maximum absolute atomic E-state index is 12.7. The van der Waals surface area contributed by atoms with Crippen LogP contribution in [0.5, 0.6) is 0 Å². The fourth-order valence-electron chi connectivity index (χ4n) is 2.72. The van der Waals surface area contributed by atoms with Crippen LogP contribution in [0.25, 0.3) is 6.08 Å². The van der Waals surface area contributed by atoms with Gasteiger partial charge < -0.3 is 9.64 Å². The van der Waals surface area contributed by atoms with Crippen LogP contribution in [0.3, 0.4) is 0 Å². The van der Waals surface area contributed by atoms with E-state index in [1.807, 2.05) is 38.1 Å². The van der Waals surface area contributed by atoms with Crippen LogP contribution in [0.1, 0.15) is 53.0 Å². The number of rotatable bonds is 9. The van der Waals surface area contributed by atoms with Crippen molar-refractivity contribution in [3.63, 3.8) is 0 Å². The van der Waals surface area contributed by atoms with Crippen molar-refractivity contribution in [2.75, 3.05) is 11.4 Å². The molecule has 0 aliphatic carbocycles. The van der Waals surface area contributed by atoms with E-state index in [0.717, 1.165) is 30.6 Å². The van der Waals surface area contributed by atoms with Crippen molar-refractivity contribution in [1.29, 1.82) is 0 Å². The lowest BCUT2D eigenvalue weighted by Gasteiger charge is -2.36. The first-order valence-corrected chi connectivity index (χ1v) is 8.60. The third-order valence-electron chi connectivity index (χ3n) is 3.78. The lowest BCUT2D eigenvalue weighted by Crippen LogP contribution is -2.47. The molecule has 0 amide bonds. The van der Waals surface area contributed by atoms with E-state index in [9.17, 15) is 4.79 Å². The first-order valence-electron chi connectivity index (χ1n) is 8.60. The summed E-state index contributed by atoms with van der Waals surface area (Å²) in [5.74, 6) is 0.0148. The van der Waals surface area contributed by atoms with Crippen molar-refractivity contribution in [2.45, 2.75) is 59.6 Å². The van der Waals surface area contributed by atoms with E-state index < -0.39 is 0 Å². The van der Waals surface area contributed by atoms with Gasteiger partial charge in [0.15, 0.2) is 0 Å². The molecule has 1 unspecified atom stereocenters. The standard InChI is InChI=1S/C20H31NO2/c1-7-9-14-21(18-13-11-10-12-17(18)8-2)19(15(3)4)20(22)23-16(5)6/h8,10-13,15-16,19H,2,7,9,14H2,1,3-6H3. The second kappa shape index (κ2) is 9.39. The minimum Gasteiger partial charge on any atom is -0.461 e. The summed E-state index contributed by atoms with van der Waals surface area (Å²) in [6, 6.07) is 7.81. The Bertz CT molecular complexity index is 508. The molecule has 0 spiro atoms. The quantitative estimate of drug-likeness (QED) is 0.606. The predicted molar refractivity (Wildman–Crippen MR) is 98.6 cm³/mol. The third-order valence-corrected chi connectivity index (χ3v) is 3.78. The Kier molecular flexibility index (Phi) is 7.87. The Morgan fingerprint density at radius 2 is 1.91 bits per heavy atom. The second-order valence-corrected chi connectivity index (χ2v) is 6.48. The van der Waals surface area contributed by atoms with Crippen molar-refractivity contribution in [2.24, 2.45) is 5.92 Å². The normalized spacial score (nSPS) is 12.3. The summed E-state index contributed by atoms with van der Waals surface area (Å²) in [4.78, 5) is 14.9.